The third-order valence-electron chi connectivity index (χ3n) is 6.51. The minimum absolute atomic E-state index is 0.0838. The summed E-state index contributed by atoms with van der Waals surface area (Å²) in [6.45, 7) is 10.5. The van der Waals surface area contributed by atoms with Crippen LogP contribution in [0.1, 0.15) is 43.9 Å². The second-order valence-corrected chi connectivity index (χ2v) is 10.1. The van der Waals surface area contributed by atoms with Gasteiger partial charge in [-0.2, -0.15) is 4.98 Å². The highest BCUT2D eigenvalue weighted by Gasteiger charge is 2.17. The minimum atomic E-state index is -0.190. The van der Waals surface area contributed by atoms with Gasteiger partial charge in [-0.05, 0) is 34.9 Å². The summed E-state index contributed by atoms with van der Waals surface area (Å²) < 4.78 is 1.63. The van der Waals surface area contributed by atoms with E-state index in [1.165, 1.54) is 22.8 Å². The lowest BCUT2D eigenvalue weighted by Crippen LogP contribution is -2.32. The second kappa shape index (κ2) is 9.06. The second-order valence-electron chi connectivity index (χ2n) is 10.1. The number of aromatic nitrogens is 4. The first-order valence-corrected chi connectivity index (χ1v) is 12.0. The van der Waals surface area contributed by atoms with Crippen molar-refractivity contribution in [1.82, 2.24) is 24.5 Å². The highest BCUT2D eigenvalue weighted by Crippen LogP contribution is 2.25. The molecule has 5 rings (SSSR count). The molecule has 0 amide bonds. The van der Waals surface area contributed by atoms with Gasteiger partial charge in [0, 0.05) is 37.8 Å². The third kappa shape index (κ3) is 4.75. The fourth-order valence-corrected chi connectivity index (χ4v) is 4.52. The molecule has 0 spiro atoms. The molecule has 2 N–H and O–H groups in total. The predicted octanol–water partition coefficient (Wildman–Crippen LogP) is 4.24. The minimum Gasteiger partial charge on any atom is -0.354 e. The monoisotopic (exact) mass is 456 g/mol. The van der Waals surface area contributed by atoms with Gasteiger partial charge in [0.15, 0.2) is 11.5 Å². The average molecular weight is 457 g/mol. The fourth-order valence-electron chi connectivity index (χ4n) is 4.52. The van der Waals surface area contributed by atoms with Gasteiger partial charge in [0.2, 0.25) is 5.95 Å². The number of fused-ring (bicyclic) bond motifs is 2. The van der Waals surface area contributed by atoms with Crippen LogP contribution in [0.2, 0.25) is 0 Å². The van der Waals surface area contributed by atoms with Crippen LogP contribution in [0, 0.1) is 0 Å². The smallest absolute Gasteiger partial charge is 0.266 e. The Morgan fingerprint density at radius 3 is 2.56 bits per heavy atom. The number of nitrogens with one attached hydrogen (secondary N) is 2. The van der Waals surface area contributed by atoms with Crippen LogP contribution < -0.4 is 10.9 Å². The number of hydrogen-bond donors (Lipinski definition) is 2. The summed E-state index contributed by atoms with van der Waals surface area (Å²) in [4.78, 5) is 23.9. The molecule has 34 heavy (non-hydrogen) atoms. The summed E-state index contributed by atoms with van der Waals surface area (Å²) in [7, 11) is 0. The van der Waals surface area contributed by atoms with E-state index in [0.717, 1.165) is 44.6 Å². The summed E-state index contributed by atoms with van der Waals surface area (Å²) in [6, 6.07) is 18.6. The number of benzene rings is 2. The van der Waals surface area contributed by atoms with Crippen molar-refractivity contribution in [2.24, 2.45) is 0 Å². The van der Waals surface area contributed by atoms with Crippen LogP contribution >= 0.6 is 0 Å². The number of rotatable bonds is 6. The summed E-state index contributed by atoms with van der Waals surface area (Å²) in [5, 5.41) is 6.22. The summed E-state index contributed by atoms with van der Waals surface area (Å²) >= 11 is 0. The quantitative estimate of drug-likeness (QED) is 0.424. The Balaban J connectivity index is 1.29. The van der Waals surface area contributed by atoms with Gasteiger partial charge in [0.05, 0.1) is 0 Å². The van der Waals surface area contributed by atoms with E-state index in [0.29, 0.717) is 17.4 Å². The SMILES string of the molecule is CC(C)(C)c1ccc(-c2nc(NCCCN3CCc4ccccc4C3)n3[nH]c(=O)cc3n2)cc1. The van der Waals surface area contributed by atoms with Crippen LogP contribution in [0.4, 0.5) is 5.95 Å². The van der Waals surface area contributed by atoms with E-state index in [1.807, 2.05) is 0 Å². The first-order valence-electron chi connectivity index (χ1n) is 12.0. The molecule has 2 aromatic heterocycles. The van der Waals surface area contributed by atoms with Crippen molar-refractivity contribution >= 4 is 11.6 Å². The van der Waals surface area contributed by atoms with E-state index in [9.17, 15) is 4.79 Å². The Hall–Kier alpha value is -3.45. The van der Waals surface area contributed by atoms with Crippen LogP contribution in [0.5, 0.6) is 0 Å². The first kappa shape index (κ1) is 22.3. The molecule has 1 aliphatic heterocycles. The zero-order valence-corrected chi connectivity index (χ0v) is 20.1. The van der Waals surface area contributed by atoms with Crippen molar-refractivity contribution in [2.45, 2.75) is 45.6 Å². The van der Waals surface area contributed by atoms with Gasteiger partial charge in [0.25, 0.3) is 5.56 Å². The number of H-pyrrole nitrogens is 1. The van der Waals surface area contributed by atoms with E-state index >= 15 is 0 Å². The van der Waals surface area contributed by atoms with Gasteiger partial charge < -0.3 is 5.32 Å². The number of nitrogens with zero attached hydrogens (tertiary/aromatic N) is 4. The molecule has 7 heteroatoms. The molecular formula is C27H32N6O. The van der Waals surface area contributed by atoms with Crippen molar-refractivity contribution in [3.05, 3.63) is 81.6 Å². The van der Waals surface area contributed by atoms with E-state index in [1.54, 1.807) is 4.52 Å². The van der Waals surface area contributed by atoms with Gasteiger partial charge in [-0.15, -0.1) is 0 Å². The fraction of sp³-hybridized carbons (Fsp3) is 0.370. The molecule has 0 bridgehead atoms. The van der Waals surface area contributed by atoms with Crippen molar-refractivity contribution in [2.75, 3.05) is 25.0 Å². The molecule has 0 radical (unpaired) electrons. The van der Waals surface area contributed by atoms with Gasteiger partial charge >= 0.3 is 0 Å². The van der Waals surface area contributed by atoms with Gasteiger partial charge in [-0.25, -0.2) is 9.50 Å². The summed E-state index contributed by atoms with van der Waals surface area (Å²) in [6.07, 6.45) is 2.09. The number of anilines is 1. The Bertz CT molecular complexity index is 1350. The van der Waals surface area contributed by atoms with Crippen LogP contribution in [0.3, 0.4) is 0 Å². The maximum atomic E-state index is 12.0. The highest BCUT2D eigenvalue weighted by molar-refractivity contribution is 5.60. The zero-order valence-electron chi connectivity index (χ0n) is 20.1. The van der Waals surface area contributed by atoms with Crippen LogP contribution in [0.15, 0.2) is 59.4 Å². The Labute approximate surface area is 199 Å². The first-order chi connectivity index (χ1) is 16.4. The molecule has 0 atom stereocenters. The standard InChI is InChI=1S/C27H32N6O/c1-27(2,3)22-11-9-20(10-12-22)25-29-23-17-24(34)31-33(23)26(30-25)28-14-6-15-32-16-13-19-7-4-5-8-21(19)18-32/h4-5,7-12,17H,6,13-16,18H2,1-3H3,(H,31,34)(H,28,29,30). The lowest BCUT2D eigenvalue weighted by atomic mass is 9.87. The van der Waals surface area contributed by atoms with Crippen molar-refractivity contribution in [1.29, 1.82) is 0 Å². The lowest BCUT2D eigenvalue weighted by Gasteiger charge is -2.28. The van der Waals surface area contributed by atoms with Crippen molar-refractivity contribution in [3.63, 3.8) is 0 Å². The predicted molar refractivity (Wildman–Crippen MR) is 136 cm³/mol. The zero-order chi connectivity index (χ0) is 23.7. The van der Waals surface area contributed by atoms with E-state index in [2.05, 4.69) is 89.6 Å². The Kier molecular flexibility index (Phi) is 5.96. The lowest BCUT2D eigenvalue weighted by molar-refractivity contribution is 0.253. The number of aromatic amines is 1. The maximum absolute atomic E-state index is 12.0. The van der Waals surface area contributed by atoms with Crippen LogP contribution in [-0.4, -0.2) is 44.1 Å². The molecule has 1 aliphatic rings. The topological polar surface area (TPSA) is 78.3 Å². The molecule has 2 aromatic carbocycles. The molecule has 7 nitrogen and oxygen atoms in total. The normalized spacial score (nSPS) is 14.3. The highest BCUT2D eigenvalue weighted by atomic mass is 16.1. The van der Waals surface area contributed by atoms with Crippen molar-refractivity contribution < 1.29 is 0 Å². The molecule has 0 saturated heterocycles. The molecule has 4 aromatic rings. The van der Waals surface area contributed by atoms with Gasteiger partial charge in [-0.1, -0.05) is 69.3 Å². The molecule has 0 fully saturated rings. The average Bonchev–Trinajstić information content (AvgIpc) is 3.21. The van der Waals surface area contributed by atoms with Crippen molar-refractivity contribution in [3.8, 4) is 11.4 Å². The van der Waals surface area contributed by atoms with Gasteiger partial charge in [0.1, 0.15) is 0 Å². The molecular weight excluding hydrogens is 424 g/mol. The van der Waals surface area contributed by atoms with E-state index in [-0.39, 0.29) is 11.0 Å². The molecule has 0 unspecified atom stereocenters. The molecule has 3 heterocycles. The van der Waals surface area contributed by atoms with Crippen LogP contribution in [0.25, 0.3) is 17.0 Å². The van der Waals surface area contributed by atoms with Crippen LogP contribution in [-0.2, 0) is 18.4 Å². The third-order valence-corrected chi connectivity index (χ3v) is 6.51. The molecule has 0 aliphatic carbocycles. The number of hydrogen-bond acceptors (Lipinski definition) is 5. The molecule has 176 valence electrons. The van der Waals surface area contributed by atoms with Gasteiger partial charge in [-0.3, -0.25) is 14.8 Å². The maximum Gasteiger partial charge on any atom is 0.266 e. The summed E-state index contributed by atoms with van der Waals surface area (Å²) in [5.74, 6) is 1.21. The Morgan fingerprint density at radius 1 is 1.03 bits per heavy atom. The largest absolute Gasteiger partial charge is 0.354 e. The van der Waals surface area contributed by atoms with E-state index in [4.69, 9.17) is 4.98 Å². The van der Waals surface area contributed by atoms with E-state index < -0.39 is 0 Å². The summed E-state index contributed by atoms with van der Waals surface area (Å²) in [5.41, 5.74) is 5.55. The molecule has 0 saturated carbocycles. The Morgan fingerprint density at radius 2 is 1.79 bits per heavy atom.